The minimum absolute atomic E-state index is 0.381. The second-order valence-electron chi connectivity index (χ2n) is 5.09. The highest BCUT2D eigenvalue weighted by atomic mass is 16.3. The van der Waals surface area contributed by atoms with Gasteiger partial charge in [0.15, 0.2) is 0 Å². The fraction of sp³-hybridized carbons (Fsp3) is 0.571. The summed E-state index contributed by atoms with van der Waals surface area (Å²) in [5.74, 6) is 1.21. The number of hydrogen-bond acceptors (Lipinski definition) is 2. The molecule has 0 amide bonds. The predicted octanol–water partition coefficient (Wildman–Crippen LogP) is 3.13. The number of nitrogens with two attached hydrogens (primary N) is 1. The lowest BCUT2D eigenvalue weighted by Crippen LogP contribution is -2.20. The first kappa shape index (κ1) is 11.5. The standard InChI is InChI=1S/C14H21NO/c1-10-6-8-11(9-7-10)14(16)12-4-2-3-5-13(12)15/h2-5,10-11,14,16H,6-9,15H2,1H3. The van der Waals surface area contributed by atoms with Crippen molar-refractivity contribution < 1.29 is 5.11 Å². The van der Waals surface area contributed by atoms with Crippen LogP contribution in [0.4, 0.5) is 5.69 Å². The van der Waals surface area contributed by atoms with Crippen LogP contribution in [0.3, 0.4) is 0 Å². The van der Waals surface area contributed by atoms with Crippen molar-refractivity contribution >= 4 is 5.69 Å². The first-order valence-electron chi connectivity index (χ1n) is 6.21. The average Bonchev–Trinajstić information content (AvgIpc) is 2.30. The molecule has 1 fully saturated rings. The van der Waals surface area contributed by atoms with Crippen molar-refractivity contribution in [1.82, 2.24) is 0 Å². The molecule has 88 valence electrons. The van der Waals surface area contributed by atoms with Crippen LogP contribution in [0.25, 0.3) is 0 Å². The van der Waals surface area contributed by atoms with Gasteiger partial charge in [-0.1, -0.05) is 38.0 Å². The molecule has 1 saturated carbocycles. The smallest absolute Gasteiger partial charge is 0.0838 e. The molecular formula is C14H21NO. The van der Waals surface area contributed by atoms with Gasteiger partial charge >= 0.3 is 0 Å². The largest absolute Gasteiger partial charge is 0.398 e. The molecule has 16 heavy (non-hydrogen) atoms. The van der Waals surface area contributed by atoms with Crippen LogP contribution >= 0.6 is 0 Å². The first-order chi connectivity index (χ1) is 7.68. The van der Waals surface area contributed by atoms with Gasteiger partial charge < -0.3 is 10.8 Å². The quantitative estimate of drug-likeness (QED) is 0.751. The minimum Gasteiger partial charge on any atom is -0.398 e. The van der Waals surface area contributed by atoms with E-state index in [2.05, 4.69) is 6.92 Å². The van der Waals surface area contributed by atoms with Gasteiger partial charge in [-0.3, -0.25) is 0 Å². The van der Waals surface area contributed by atoms with Crippen molar-refractivity contribution in [2.24, 2.45) is 11.8 Å². The van der Waals surface area contributed by atoms with E-state index in [1.54, 1.807) is 0 Å². The molecular weight excluding hydrogens is 198 g/mol. The summed E-state index contributed by atoms with van der Waals surface area (Å²) in [5, 5.41) is 10.3. The maximum atomic E-state index is 10.3. The summed E-state index contributed by atoms with van der Waals surface area (Å²) in [6, 6.07) is 7.66. The molecule has 0 spiro atoms. The Hall–Kier alpha value is -1.02. The molecule has 0 heterocycles. The van der Waals surface area contributed by atoms with E-state index in [9.17, 15) is 5.11 Å². The maximum absolute atomic E-state index is 10.3. The van der Waals surface area contributed by atoms with E-state index < -0.39 is 0 Å². The Morgan fingerprint density at radius 2 is 1.81 bits per heavy atom. The van der Waals surface area contributed by atoms with Gasteiger partial charge in [0, 0.05) is 11.3 Å². The van der Waals surface area contributed by atoms with Gasteiger partial charge in [-0.05, 0) is 30.7 Å². The molecule has 0 bridgehead atoms. The number of nitrogen functional groups attached to an aromatic ring is 1. The van der Waals surface area contributed by atoms with E-state index in [4.69, 9.17) is 5.73 Å². The molecule has 0 saturated heterocycles. The van der Waals surface area contributed by atoms with Crippen LogP contribution in [0, 0.1) is 11.8 Å². The zero-order valence-electron chi connectivity index (χ0n) is 9.89. The highest BCUT2D eigenvalue weighted by Crippen LogP contribution is 2.37. The van der Waals surface area contributed by atoms with E-state index in [0.717, 1.165) is 24.3 Å². The summed E-state index contributed by atoms with van der Waals surface area (Å²) in [5.41, 5.74) is 7.52. The Balaban J connectivity index is 2.07. The Morgan fingerprint density at radius 1 is 1.19 bits per heavy atom. The normalized spacial score (nSPS) is 27.6. The molecule has 2 heteroatoms. The number of aliphatic hydroxyl groups is 1. The molecule has 2 rings (SSSR count). The van der Waals surface area contributed by atoms with Gasteiger partial charge in [0.2, 0.25) is 0 Å². The summed E-state index contributed by atoms with van der Waals surface area (Å²) in [4.78, 5) is 0. The molecule has 1 aromatic rings. The van der Waals surface area contributed by atoms with Crippen molar-refractivity contribution in [2.45, 2.75) is 38.7 Å². The van der Waals surface area contributed by atoms with E-state index in [1.165, 1.54) is 12.8 Å². The van der Waals surface area contributed by atoms with Crippen LogP contribution in [0.15, 0.2) is 24.3 Å². The van der Waals surface area contributed by atoms with Crippen LogP contribution in [0.5, 0.6) is 0 Å². The molecule has 0 aliphatic heterocycles. The average molecular weight is 219 g/mol. The fourth-order valence-electron chi connectivity index (χ4n) is 2.64. The van der Waals surface area contributed by atoms with Crippen molar-refractivity contribution in [1.29, 1.82) is 0 Å². The van der Waals surface area contributed by atoms with Crippen molar-refractivity contribution in [2.75, 3.05) is 5.73 Å². The fourth-order valence-corrected chi connectivity index (χ4v) is 2.64. The summed E-state index contributed by atoms with van der Waals surface area (Å²) in [6.45, 7) is 2.29. The zero-order valence-corrected chi connectivity index (χ0v) is 9.89. The molecule has 0 aromatic heterocycles. The summed E-state index contributed by atoms with van der Waals surface area (Å²) < 4.78 is 0. The van der Waals surface area contributed by atoms with Crippen molar-refractivity contribution in [3.05, 3.63) is 29.8 Å². The number of benzene rings is 1. The van der Waals surface area contributed by atoms with E-state index in [1.807, 2.05) is 24.3 Å². The molecule has 2 nitrogen and oxygen atoms in total. The first-order valence-corrected chi connectivity index (χ1v) is 6.21. The monoisotopic (exact) mass is 219 g/mol. The Bertz CT molecular complexity index is 342. The molecule has 1 aliphatic carbocycles. The van der Waals surface area contributed by atoms with E-state index in [-0.39, 0.29) is 6.10 Å². The number of hydrogen-bond donors (Lipinski definition) is 2. The van der Waals surface area contributed by atoms with Gasteiger partial charge in [-0.2, -0.15) is 0 Å². The van der Waals surface area contributed by atoms with Gasteiger partial charge in [0.1, 0.15) is 0 Å². The molecule has 1 aromatic carbocycles. The molecule has 1 aliphatic rings. The maximum Gasteiger partial charge on any atom is 0.0838 e. The van der Waals surface area contributed by atoms with E-state index in [0.29, 0.717) is 11.6 Å². The Kier molecular flexibility index (Phi) is 3.49. The lowest BCUT2D eigenvalue weighted by molar-refractivity contribution is 0.0761. The molecule has 1 unspecified atom stereocenters. The second-order valence-corrected chi connectivity index (χ2v) is 5.09. The Labute approximate surface area is 97.5 Å². The molecule has 0 radical (unpaired) electrons. The number of para-hydroxylation sites is 1. The second kappa shape index (κ2) is 4.88. The third-order valence-corrected chi connectivity index (χ3v) is 3.82. The number of aliphatic hydroxyl groups excluding tert-OH is 1. The molecule has 1 atom stereocenters. The zero-order chi connectivity index (χ0) is 11.5. The highest BCUT2D eigenvalue weighted by Gasteiger charge is 2.26. The molecule has 3 N–H and O–H groups in total. The minimum atomic E-state index is -0.381. The van der Waals surface area contributed by atoms with Crippen molar-refractivity contribution in [3.8, 4) is 0 Å². The third kappa shape index (κ3) is 2.38. The van der Waals surface area contributed by atoms with Crippen LogP contribution in [0.1, 0.15) is 44.3 Å². The van der Waals surface area contributed by atoms with Gasteiger partial charge in [-0.15, -0.1) is 0 Å². The van der Waals surface area contributed by atoms with Crippen LogP contribution in [0.2, 0.25) is 0 Å². The van der Waals surface area contributed by atoms with Crippen molar-refractivity contribution in [3.63, 3.8) is 0 Å². The van der Waals surface area contributed by atoms with E-state index >= 15 is 0 Å². The van der Waals surface area contributed by atoms with Gasteiger partial charge in [-0.25, -0.2) is 0 Å². The summed E-state index contributed by atoms with van der Waals surface area (Å²) in [7, 11) is 0. The predicted molar refractivity (Wildman–Crippen MR) is 66.9 cm³/mol. The van der Waals surface area contributed by atoms with Crippen LogP contribution < -0.4 is 5.73 Å². The summed E-state index contributed by atoms with van der Waals surface area (Å²) >= 11 is 0. The Morgan fingerprint density at radius 3 is 2.44 bits per heavy atom. The lowest BCUT2D eigenvalue weighted by Gasteiger charge is -2.30. The number of anilines is 1. The third-order valence-electron chi connectivity index (χ3n) is 3.82. The van der Waals surface area contributed by atoms with Gasteiger partial charge in [0.25, 0.3) is 0 Å². The SMILES string of the molecule is CC1CCC(C(O)c2ccccc2N)CC1. The van der Waals surface area contributed by atoms with Crippen LogP contribution in [-0.4, -0.2) is 5.11 Å². The topological polar surface area (TPSA) is 46.2 Å². The van der Waals surface area contributed by atoms with Crippen LogP contribution in [-0.2, 0) is 0 Å². The lowest BCUT2D eigenvalue weighted by atomic mass is 9.78. The number of rotatable bonds is 2. The van der Waals surface area contributed by atoms with Gasteiger partial charge in [0.05, 0.1) is 6.10 Å². The summed E-state index contributed by atoms with van der Waals surface area (Å²) in [6.07, 6.45) is 4.32. The highest BCUT2D eigenvalue weighted by molar-refractivity contribution is 5.47.